The third-order valence-corrected chi connectivity index (χ3v) is 5.52. The molecule has 24 heavy (non-hydrogen) atoms. The molecule has 1 N–H and O–H groups in total. The van der Waals surface area contributed by atoms with E-state index in [1.165, 1.54) is 19.3 Å². The molecule has 6 heteroatoms. The maximum absolute atomic E-state index is 11.7. The molecule has 0 saturated carbocycles. The quantitative estimate of drug-likeness (QED) is 0.923. The number of nitrogens with one attached hydrogen (secondary N) is 1. The van der Waals surface area contributed by atoms with Crippen LogP contribution in [0.4, 0.5) is 5.82 Å². The molecule has 0 bridgehead atoms. The van der Waals surface area contributed by atoms with Crippen LogP contribution >= 0.6 is 11.8 Å². The summed E-state index contributed by atoms with van der Waals surface area (Å²) in [6, 6.07) is 5.58. The van der Waals surface area contributed by atoms with Gasteiger partial charge in [0.2, 0.25) is 0 Å². The van der Waals surface area contributed by atoms with E-state index in [0.29, 0.717) is 11.1 Å². The van der Waals surface area contributed by atoms with E-state index in [0.717, 1.165) is 36.6 Å². The molecule has 5 nitrogen and oxygen atoms in total. The third-order valence-electron chi connectivity index (χ3n) is 4.46. The van der Waals surface area contributed by atoms with Crippen molar-refractivity contribution in [3.05, 3.63) is 40.4 Å². The van der Waals surface area contributed by atoms with Crippen LogP contribution in [0.1, 0.15) is 31.9 Å². The number of aromatic amines is 1. The van der Waals surface area contributed by atoms with E-state index in [4.69, 9.17) is 0 Å². The SMILES string of the molecule is CCc1cc(=O)[nH]c(-c2ccc(N3CCCCC(SC)C3)nc2)n1. The summed E-state index contributed by atoms with van der Waals surface area (Å²) in [4.78, 5) is 26.0. The first kappa shape index (κ1) is 17.0. The van der Waals surface area contributed by atoms with Crippen LogP contribution < -0.4 is 10.5 Å². The second-order valence-corrected chi connectivity index (χ2v) is 7.28. The Morgan fingerprint density at radius 2 is 2.25 bits per heavy atom. The van der Waals surface area contributed by atoms with Crippen molar-refractivity contribution in [3.63, 3.8) is 0 Å². The van der Waals surface area contributed by atoms with Gasteiger partial charge in [0.15, 0.2) is 0 Å². The van der Waals surface area contributed by atoms with Crippen LogP contribution in [0.5, 0.6) is 0 Å². The molecule has 3 rings (SSSR count). The number of hydrogen-bond acceptors (Lipinski definition) is 5. The lowest BCUT2D eigenvalue weighted by molar-refractivity contribution is 0.736. The summed E-state index contributed by atoms with van der Waals surface area (Å²) in [7, 11) is 0. The molecule has 3 heterocycles. The van der Waals surface area contributed by atoms with Crippen LogP contribution in [0, 0.1) is 0 Å². The third kappa shape index (κ3) is 3.98. The van der Waals surface area contributed by atoms with E-state index < -0.39 is 0 Å². The average Bonchev–Trinajstić information content (AvgIpc) is 2.87. The highest BCUT2D eigenvalue weighted by atomic mass is 32.2. The Bertz CT molecular complexity index is 729. The molecule has 0 aromatic carbocycles. The van der Waals surface area contributed by atoms with Crippen LogP contribution in [-0.2, 0) is 6.42 Å². The standard InChI is InChI=1S/C18H24N4OS/c1-3-14-10-17(23)21-18(20-14)13-7-8-16(19-11-13)22-9-5-4-6-15(12-22)24-2/h7-8,10-11,15H,3-6,9,12H2,1-2H3,(H,20,21,23). The average molecular weight is 344 g/mol. The second-order valence-electron chi connectivity index (χ2n) is 6.14. The molecule has 0 spiro atoms. The van der Waals surface area contributed by atoms with E-state index in [1.54, 1.807) is 6.07 Å². The Labute approximate surface area is 146 Å². The molecule has 0 aliphatic carbocycles. The van der Waals surface area contributed by atoms with Gasteiger partial charge in [0.25, 0.3) is 5.56 Å². The molecule has 0 radical (unpaired) electrons. The predicted octanol–water partition coefficient (Wildman–Crippen LogP) is 3.12. The molecule has 1 fully saturated rings. The molecule has 1 aliphatic rings. The lowest BCUT2D eigenvalue weighted by Crippen LogP contribution is -2.30. The van der Waals surface area contributed by atoms with E-state index in [2.05, 4.69) is 26.1 Å². The van der Waals surface area contributed by atoms with Crippen LogP contribution in [-0.4, -0.2) is 39.5 Å². The maximum Gasteiger partial charge on any atom is 0.251 e. The van der Waals surface area contributed by atoms with Gasteiger partial charge in [-0.2, -0.15) is 11.8 Å². The molecular formula is C18H24N4OS. The van der Waals surface area contributed by atoms with Gasteiger partial charge in [-0.1, -0.05) is 13.3 Å². The molecule has 2 aromatic heterocycles. The number of rotatable bonds is 4. The Hall–Kier alpha value is -1.82. The van der Waals surface area contributed by atoms with Gasteiger partial charge in [0.1, 0.15) is 11.6 Å². The summed E-state index contributed by atoms with van der Waals surface area (Å²) >= 11 is 1.94. The van der Waals surface area contributed by atoms with Gasteiger partial charge in [-0.3, -0.25) is 4.79 Å². The number of aryl methyl sites for hydroxylation is 1. The van der Waals surface area contributed by atoms with Crippen molar-refractivity contribution in [3.8, 4) is 11.4 Å². The lowest BCUT2D eigenvalue weighted by atomic mass is 10.2. The fourth-order valence-electron chi connectivity index (χ4n) is 3.04. The fourth-order valence-corrected chi connectivity index (χ4v) is 3.77. The van der Waals surface area contributed by atoms with Crippen LogP contribution in [0.2, 0.25) is 0 Å². The topological polar surface area (TPSA) is 61.9 Å². The fraction of sp³-hybridized carbons (Fsp3) is 0.500. The first-order chi connectivity index (χ1) is 11.7. The lowest BCUT2D eigenvalue weighted by Gasteiger charge is -2.24. The van der Waals surface area contributed by atoms with Gasteiger partial charge in [0.05, 0.1) is 0 Å². The molecule has 0 amide bonds. The van der Waals surface area contributed by atoms with Gasteiger partial charge < -0.3 is 9.88 Å². The summed E-state index contributed by atoms with van der Waals surface area (Å²) in [5.74, 6) is 1.60. The Morgan fingerprint density at radius 3 is 2.96 bits per heavy atom. The van der Waals surface area contributed by atoms with Crippen LogP contribution in [0.3, 0.4) is 0 Å². The summed E-state index contributed by atoms with van der Waals surface area (Å²) in [6.45, 7) is 4.10. The summed E-state index contributed by atoms with van der Waals surface area (Å²) < 4.78 is 0. The normalized spacial score (nSPS) is 18.4. The molecule has 1 unspecified atom stereocenters. The van der Waals surface area contributed by atoms with Gasteiger partial charge in [-0.05, 0) is 37.7 Å². The van der Waals surface area contributed by atoms with Crippen molar-refractivity contribution in [1.82, 2.24) is 15.0 Å². The molecular weight excluding hydrogens is 320 g/mol. The maximum atomic E-state index is 11.7. The highest BCUT2D eigenvalue weighted by molar-refractivity contribution is 7.99. The van der Waals surface area contributed by atoms with Crippen molar-refractivity contribution >= 4 is 17.6 Å². The minimum atomic E-state index is -0.115. The van der Waals surface area contributed by atoms with Crippen molar-refractivity contribution in [2.45, 2.75) is 37.9 Å². The van der Waals surface area contributed by atoms with Crippen molar-refractivity contribution in [1.29, 1.82) is 0 Å². The number of hydrogen-bond donors (Lipinski definition) is 1. The predicted molar refractivity (Wildman–Crippen MR) is 101 cm³/mol. The van der Waals surface area contributed by atoms with E-state index in [-0.39, 0.29) is 5.56 Å². The second kappa shape index (κ2) is 7.83. The van der Waals surface area contributed by atoms with E-state index in [1.807, 2.05) is 37.0 Å². The molecule has 128 valence electrons. The van der Waals surface area contributed by atoms with Crippen LogP contribution in [0.15, 0.2) is 29.2 Å². The number of H-pyrrole nitrogens is 1. The van der Waals surface area contributed by atoms with E-state index >= 15 is 0 Å². The Balaban J connectivity index is 1.82. The highest BCUT2D eigenvalue weighted by Crippen LogP contribution is 2.24. The zero-order valence-electron chi connectivity index (χ0n) is 14.3. The molecule has 2 aromatic rings. The molecule has 1 atom stereocenters. The number of thioether (sulfide) groups is 1. The first-order valence-electron chi connectivity index (χ1n) is 8.54. The highest BCUT2D eigenvalue weighted by Gasteiger charge is 2.18. The first-order valence-corrected chi connectivity index (χ1v) is 9.82. The summed E-state index contributed by atoms with van der Waals surface area (Å²) in [5, 5.41) is 0.674. The van der Waals surface area contributed by atoms with Crippen molar-refractivity contribution in [2.24, 2.45) is 0 Å². The number of pyridine rings is 1. The van der Waals surface area contributed by atoms with Gasteiger partial charge in [-0.15, -0.1) is 0 Å². The minimum Gasteiger partial charge on any atom is -0.356 e. The number of nitrogens with zero attached hydrogens (tertiary/aromatic N) is 3. The van der Waals surface area contributed by atoms with E-state index in [9.17, 15) is 4.79 Å². The van der Waals surface area contributed by atoms with Gasteiger partial charge >= 0.3 is 0 Å². The zero-order chi connectivity index (χ0) is 16.9. The zero-order valence-corrected chi connectivity index (χ0v) is 15.1. The summed E-state index contributed by atoms with van der Waals surface area (Å²) in [6.07, 6.45) is 8.53. The molecule has 1 saturated heterocycles. The smallest absolute Gasteiger partial charge is 0.251 e. The van der Waals surface area contributed by atoms with Crippen molar-refractivity contribution < 1.29 is 0 Å². The summed E-state index contributed by atoms with van der Waals surface area (Å²) in [5.41, 5.74) is 1.53. The van der Waals surface area contributed by atoms with Crippen LogP contribution in [0.25, 0.3) is 11.4 Å². The van der Waals surface area contributed by atoms with Gasteiger partial charge in [-0.25, -0.2) is 9.97 Å². The number of anilines is 1. The number of aromatic nitrogens is 3. The Kier molecular flexibility index (Phi) is 5.56. The largest absolute Gasteiger partial charge is 0.356 e. The van der Waals surface area contributed by atoms with Gasteiger partial charge in [0, 0.05) is 41.9 Å². The Morgan fingerprint density at radius 1 is 1.38 bits per heavy atom. The minimum absolute atomic E-state index is 0.115. The van der Waals surface area contributed by atoms with Crippen molar-refractivity contribution in [2.75, 3.05) is 24.2 Å². The molecule has 1 aliphatic heterocycles. The monoisotopic (exact) mass is 344 g/mol.